The normalized spacial score (nSPS) is 11.1. The Morgan fingerprint density at radius 2 is 1.94 bits per heavy atom. The fraction of sp³-hybridized carbons (Fsp3) is 0.200. The first-order valence-electron chi connectivity index (χ1n) is 4.58. The third-order valence-corrected chi connectivity index (χ3v) is 2.21. The number of halogens is 4. The van der Waals surface area contributed by atoms with Crippen LogP contribution in [0.4, 0.5) is 18.9 Å². The summed E-state index contributed by atoms with van der Waals surface area (Å²) in [6.45, 7) is 0. The van der Waals surface area contributed by atoms with Crippen LogP contribution in [0.3, 0.4) is 0 Å². The molecular formula is C10H7ClF3NO3. The van der Waals surface area contributed by atoms with E-state index in [1.165, 1.54) is 12.1 Å². The molecule has 0 aliphatic carbocycles. The number of hydrogen-bond donors (Lipinski definition) is 2. The Labute approximate surface area is 104 Å². The molecule has 0 bridgehead atoms. The summed E-state index contributed by atoms with van der Waals surface area (Å²) in [5, 5.41) is 9.94. The molecule has 1 aromatic rings. The van der Waals surface area contributed by atoms with Crippen molar-refractivity contribution >= 4 is 29.2 Å². The molecule has 0 radical (unpaired) electrons. The summed E-state index contributed by atoms with van der Waals surface area (Å²) in [7, 11) is 0. The van der Waals surface area contributed by atoms with E-state index in [-0.39, 0.29) is 17.1 Å². The molecule has 0 saturated carbocycles. The van der Waals surface area contributed by atoms with Crippen molar-refractivity contribution < 1.29 is 27.9 Å². The maximum Gasteiger partial charge on any atom is 0.471 e. The fourth-order valence-corrected chi connectivity index (χ4v) is 1.39. The van der Waals surface area contributed by atoms with Crippen molar-refractivity contribution in [2.45, 2.75) is 12.6 Å². The minimum Gasteiger partial charge on any atom is -0.481 e. The fourth-order valence-electron chi connectivity index (χ4n) is 1.14. The van der Waals surface area contributed by atoms with Crippen LogP contribution in [0.5, 0.6) is 0 Å². The minimum absolute atomic E-state index is 0.161. The molecule has 18 heavy (non-hydrogen) atoms. The van der Waals surface area contributed by atoms with Crippen LogP contribution < -0.4 is 5.32 Å². The summed E-state index contributed by atoms with van der Waals surface area (Å²) in [6, 6.07) is 3.57. The molecule has 8 heteroatoms. The number of rotatable bonds is 3. The van der Waals surface area contributed by atoms with E-state index in [0.29, 0.717) is 5.56 Å². The average Bonchev–Trinajstić information content (AvgIpc) is 2.19. The van der Waals surface area contributed by atoms with Crippen molar-refractivity contribution in [2.24, 2.45) is 0 Å². The van der Waals surface area contributed by atoms with Gasteiger partial charge in [0.15, 0.2) is 0 Å². The van der Waals surface area contributed by atoms with E-state index in [0.717, 1.165) is 6.07 Å². The average molecular weight is 282 g/mol. The molecule has 1 aromatic carbocycles. The first-order chi connectivity index (χ1) is 8.20. The number of nitrogens with one attached hydrogen (secondary N) is 1. The van der Waals surface area contributed by atoms with Gasteiger partial charge in [0.2, 0.25) is 0 Å². The first-order valence-corrected chi connectivity index (χ1v) is 4.96. The zero-order chi connectivity index (χ0) is 13.9. The van der Waals surface area contributed by atoms with Crippen molar-refractivity contribution in [3.05, 3.63) is 28.8 Å². The van der Waals surface area contributed by atoms with Gasteiger partial charge in [-0.05, 0) is 17.7 Å². The monoisotopic (exact) mass is 281 g/mol. The molecule has 1 amide bonds. The number of anilines is 1. The molecule has 0 fully saturated rings. The van der Waals surface area contributed by atoms with Crippen LogP contribution in [-0.4, -0.2) is 23.2 Å². The topological polar surface area (TPSA) is 66.4 Å². The maximum absolute atomic E-state index is 12.0. The Kier molecular flexibility index (Phi) is 4.18. The van der Waals surface area contributed by atoms with Gasteiger partial charge in [-0.1, -0.05) is 17.7 Å². The molecule has 0 aliphatic rings. The molecular weight excluding hydrogens is 275 g/mol. The molecule has 2 N–H and O–H groups in total. The van der Waals surface area contributed by atoms with Crippen molar-refractivity contribution in [1.82, 2.24) is 0 Å². The number of carbonyl (C=O) groups excluding carboxylic acids is 1. The first kappa shape index (κ1) is 14.3. The summed E-state index contributed by atoms with van der Waals surface area (Å²) in [5.41, 5.74) is 0.0886. The molecule has 0 aliphatic heterocycles. The van der Waals surface area contributed by atoms with Crippen LogP contribution in [0.25, 0.3) is 0 Å². The number of hydrogen-bond acceptors (Lipinski definition) is 2. The third-order valence-electron chi connectivity index (χ3n) is 1.89. The van der Waals surface area contributed by atoms with Crippen LogP contribution >= 0.6 is 11.6 Å². The second-order valence-electron chi connectivity index (χ2n) is 3.34. The van der Waals surface area contributed by atoms with E-state index < -0.39 is 18.1 Å². The summed E-state index contributed by atoms with van der Waals surface area (Å²) >= 11 is 5.63. The number of aliphatic carboxylic acids is 1. The molecule has 0 saturated heterocycles. The molecule has 0 atom stereocenters. The van der Waals surface area contributed by atoms with Gasteiger partial charge >= 0.3 is 18.1 Å². The molecule has 1 rings (SSSR count). The lowest BCUT2D eigenvalue weighted by Gasteiger charge is -2.10. The number of alkyl halides is 3. The van der Waals surface area contributed by atoms with Crippen LogP contribution in [0.1, 0.15) is 5.56 Å². The van der Waals surface area contributed by atoms with Crippen LogP contribution in [0.15, 0.2) is 18.2 Å². The Hall–Kier alpha value is -1.76. The van der Waals surface area contributed by atoms with Gasteiger partial charge in [-0.15, -0.1) is 0 Å². The second kappa shape index (κ2) is 5.26. The van der Waals surface area contributed by atoms with Gasteiger partial charge in [0.05, 0.1) is 17.1 Å². The van der Waals surface area contributed by atoms with Crippen LogP contribution in [0, 0.1) is 0 Å². The largest absolute Gasteiger partial charge is 0.481 e. The summed E-state index contributed by atoms with van der Waals surface area (Å²) in [6.07, 6.45) is -5.32. The second-order valence-corrected chi connectivity index (χ2v) is 3.74. The van der Waals surface area contributed by atoms with Gasteiger partial charge in [0.1, 0.15) is 0 Å². The highest BCUT2D eigenvalue weighted by Crippen LogP contribution is 2.25. The smallest absolute Gasteiger partial charge is 0.471 e. The minimum atomic E-state index is -5.01. The highest BCUT2D eigenvalue weighted by Gasteiger charge is 2.38. The summed E-state index contributed by atoms with van der Waals surface area (Å²) in [4.78, 5) is 21.1. The highest BCUT2D eigenvalue weighted by atomic mass is 35.5. The SMILES string of the molecule is O=C(O)Cc1ccc(NC(=O)C(F)(F)F)c(Cl)c1. The van der Waals surface area contributed by atoms with Crippen LogP contribution in [-0.2, 0) is 16.0 Å². The van der Waals surface area contributed by atoms with E-state index in [1.54, 1.807) is 5.32 Å². The van der Waals surface area contributed by atoms with Gasteiger partial charge in [-0.25, -0.2) is 0 Å². The Bertz CT molecular complexity index is 488. The molecule has 0 spiro atoms. The van der Waals surface area contributed by atoms with E-state index >= 15 is 0 Å². The van der Waals surface area contributed by atoms with Gasteiger partial charge in [0, 0.05) is 0 Å². The number of carbonyl (C=O) groups is 2. The van der Waals surface area contributed by atoms with Crippen molar-refractivity contribution in [3.8, 4) is 0 Å². The zero-order valence-corrected chi connectivity index (χ0v) is 9.47. The zero-order valence-electron chi connectivity index (χ0n) is 8.71. The van der Waals surface area contributed by atoms with Crippen molar-refractivity contribution in [1.29, 1.82) is 0 Å². The van der Waals surface area contributed by atoms with Crippen molar-refractivity contribution in [2.75, 3.05) is 5.32 Å². The van der Waals surface area contributed by atoms with E-state index in [4.69, 9.17) is 16.7 Å². The van der Waals surface area contributed by atoms with Crippen LogP contribution in [0.2, 0.25) is 5.02 Å². The van der Waals surface area contributed by atoms with Gasteiger partial charge in [-0.2, -0.15) is 13.2 Å². The Morgan fingerprint density at radius 3 is 2.39 bits per heavy atom. The highest BCUT2D eigenvalue weighted by molar-refractivity contribution is 6.33. The van der Waals surface area contributed by atoms with E-state index in [2.05, 4.69) is 0 Å². The Morgan fingerprint density at radius 1 is 1.33 bits per heavy atom. The number of benzene rings is 1. The van der Waals surface area contributed by atoms with E-state index in [9.17, 15) is 22.8 Å². The molecule has 4 nitrogen and oxygen atoms in total. The standard InChI is InChI=1S/C10H7ClF3NO3/c11-6-3-5(4-8(16)17)1-2-7(6)15-9(18)10(12,13)14/h1-3H,4H2,(H,15,18)(H,16,17). The number of carboxylic acids is 1. The Balaban J connectivity index is 2.86. The van der Waals surface area contributed by atoms with Gasteiger partial charge in [-0.3, -0.25) is 9.59 Å². The quantitative estimate of drug-likeness (QED) is 0.894. The van der Waals surface area contributed by atoms with Gasteiger partial charge < -0.3 is 10.4 Å². The maximum atomic E-state index is 12.0. The lowest BCUT2D eigenvalue weighted by atomic mass is 10.1. The lowest BCUT2D eigenvalue weighted by Crippen LogP contribution is -2.30. The molecule has 0 heterocycles. The lowest BCUT2D eigenvalue weighted by molar-refractivity contribution is -0.167. The molecule has 98 valence electrons. The summed E-state index contributed by atoms with van der Waals surface area (Å²) in [5.74, 6) is -3.24. The molecule has 0 aromatic heterocycles. The predicted octanol–water partition coefficient (Wildman–Crippen LogP) is 2.47. The number of carboxylic acid groups (broad SMARTS) is 1. The van der Waals surface area contributed by atoms with E-state index in [1.807, 2.05) is 0 Å². The molecule has 0 unspecified atom stereocenters. The number of amides is 1. The summed E-state index contributed by atoms with van der Waals surface area (Å²) < 4.78 is 36.0. The third kappa shape index (κ3) is 3.92. The van der Waals surface area contributed by atoms with Crippen molar-refractivity contribution in [3.63, 3.8) is 0 Å². The predicted molar refractivity (Wildman–Crippen MR) is 57.5 cm³/mol. The van der Waals surface area contributed by atoms with Gasteiger partial charge in [0.25, 0.3) is 0 Å².